The Hall–Kier alpha value is -3.29. The molecule has 3 heterocycles. The number of pyridine rings is 1. The lowest BCUT2D eigenvalue weighted by molar-refractivity contribution is -0.132. The Morgan fingerprint density at radius 3 is 2.62 bits per heavy atom. The second-order valence-electron chi connectivity index (χ2n) is 7.48. The van der Waals surface area contributed by atoms with Crippen molar-refractivity contribution in [2.75, 3.05) is 43.2 Å². The predicted molar refractivity (Wildman–Crippen MR) is 106 cm³/mol. The number of hydrogen-bond donors (Lipinski definition) is 1. The van der Waals surface area contributed by atoms with Crippen LogP contribution >= 0.6 is 0 Å². The maximum absolute atomic E-state index is 12.8. The Morgan fingerprint density at radius 1 is 1.03 bits per heavy atom. The number of carbonyl (C=O) groups excluding carboxylic acids is 2. The van der Waals surface area contributed by atoms with Crippen molar-refractivity contribution >= 4 is 23.3 Å². The van der Waals surface area contributed by atoms with Crippen molar-refractivity contribution in [3.63, 3.8) is 0 Å². The van der Waals surface area contributed by atoms with Gasteiger partial charge in [-0.25, -0.2) is 4.98 Å². The van der Waals surface area contributed by atoms with Gasteiger partial charge in [0, 0.05) is 43.9 Å². The molecular formula is C21H22N4O4. The molecule has 2 aromatic rings. The topological polar surface area (TPSA) is 84.0 Å². The Balaban J connectivity index is 1.28. The lowest BCUT2D eigenvalue weighted by Crippen LogP contribution is -2.49. The molecule has 0 spiro atoms. The highest BCUT2D eigenvalue weighted by Crippen LogP contribution is 2.34. The zero-order chi connectivity index (χ0) is 19.8. The third-order valence-corrected chi connectivity index (χ3v) is 5.49. The maximum Gasteiger partial charge on any atom is 0.255 e. The van der Waals surface area contributed by atoms with E-state index >= 15 is 0 Å². The van der Waals surface area contributed by atoms with E-state index in [4.69, 9.17) is 9.47 Å². The summed E-state index contributed by atoms with van der Waals surface area (Å²) >= 11 is 0. The summed E-state index contributed by atoms with van der Waals surface area (Å²) in [4.78, 5) is 33.6. The predicted octanol–water partition coefficient (Wildman–Crippen LogP) is 2.12. The Morgan fingerprint density at radius 2 is 1.83 bits per heavy atom. The van der Waals surface area contributed by atoms with E-state index in [1.807, 2.05) is 11.0 Å². The summed E-state index contributed by atoms with van der Waals surface area (Å²) in [5.41, 5.74) is 1.14. The monoisotopic (exact) mass is 394 g/mol. The largest absolute Gasteiger partial charge is 0.454 e. The van der Waals surface area contributed by atoms with E-state index in [1.54, 1.807) is 30.5 Å². The third-order valence-electron chi connectivity index (χ3n) is 5.49. The first-order chi connectivity index (χ1) is 14.2. The van der Waals surface area contributed by atoms with Crippen molar-refractivity contribution in [1.82, 2.24) is 9.88 Å². The molecule has 2 fully saturated rings. The van der Waals surface area contributed by atoms with Crippen LogP contribution in [0.3, 0.4) is 0 Å². The van der Waals surface area contributed by atoms with Gasteiger partial charge in [-0.3, -0.25) is 9.59 Å². The number of amides is 2. The molecule has 150 valence electrons. The quantitative estimate of drug-likeness (QED) is 0.855. The number of ether oxygens (including phenoxy) is 2. The number of hydrogen-bond acceptors (Lipinski definition) is 6. The molecule has 2 amide bonds. The van der Waals surface area contributed by atoms with Gasteiger partial charge in [-0.15, -0.1) is 0 Å². The third kappa shape index (κ3) is 3.57. The summed E-state index contributed by atoms with van der Waals surface area (Å²) in [6.07, 6.45) is 3.76. The molecule has 29 heavy (non-hydrogen) atoms. The van der Waals surface area contributed by atoms with Gasteiger partial charge in [0.2, 0.25) is 12.7 Å². The first-order valence-electron chi connectivity index (χ1n) is 9.89. The fourth-order valence-electron chi connectivity index (χ4n) is 3.71. The minimum atomic E-state index is -0.236. The molecule has 0 radical (unpaired) electrons. The van der Waals surface area contributed by atoms with Crippen molar-refractivity contribution in [3.05, 3.63) is 42.1 Å². The van der Waals surface area contributed by atoms with Crippen LogP contribution in [0.2, 0.25) is 0 Å². The van der Waals surface area contributed by atoms with Crippen LogP contribution in [0.15, 0.2) is 36.5 Å². The number of piperazine rings is 1. The number of carbonyl (C=O) groups is 2. The second-order valence-corrected chi connectivity index (χ2v) is 7.48. The van der Waals surface area contributed by atoms with Crippen LogP contribution in [0, 0.1) is 5.92 Å². The van der Waals surface area contributed by atoms with E-state index in [-0.39, 0.29) is 24.5 Å². The summed E-state index contributed by atoms with van der Waals surface area (Å²) in [7, 11) is 0. The first kappa shape index (κ1) is 17.8. The molecular weight excluding hydrogens is 372 g/mol. The Labute approximate surface area is 168 Å². The number of aromatic nitrogens is 1. The minimum absolute atomic E-state index is 0.169. The zero-order valence-electron chi connectivity index (χ0n) is 16.0. The van der Waals surface area contributed by atoms with Crippen LogP contribution in [0.5, 0.6) is 11.5 Å². The SMILES string of the molecule is O=C(Nc1cccnc1N1CCN(C(=O)C2CC2)CC1)c1ccc2c(c1)OCO2. The molecule has 1 saturated carbocycles. The van der Waals surface area contributed by atoms with Crippen LogP contribution in [-0.2, 0) is 4.79 Å². The van der Waals surface area contributed by atoms with E-state index in [9.17, 15) is 9.59 Å². The van der Waals surface area contributed by atoms with Crippen LogP contribution < -0.4 is 19.7 Å². The maximum atomic E-state index is 12.8. The van der Waals surface area contributed by atoms with E-state index in [2.05, 4.69) is 15.2 Å². The number of fused-ring (bicyclic) bond motifs is 1. The zero-order valence-corrected chi connectivity index (χ0v) is 16.0. The van der Waals surface area contributed by atoms with Gasteiger partial charge in [0.15, 0.2) is 17.3 Å². The lowest BCUT2D eigenvalue weighted by Gasteiger charge is -2.36. The molecule has 0 bridgehead atoms. The number of rotatable bonds is 4. The van der Waals surface area contributed by atoms with Gasteiger partial charge < -0.3 is 24.6 Å². The Bertz CT molecular complexity index is 951. The fourth-order valence-corrected chi connectivity index (χ4v) is 3.71. The normalized spacial score (nSPS) is 17.9. The summed E-state index contributed by atoms with van der Waals surface area (Å²) in [6.45, 7) is 2.93. The average Bonchev–Trinajstić information content (AvgIpc) is 3.50. The highest BCUT2D eigenvalue weighted by molar-refractivity contribution is 6.06. The van der Waals surface area contributed by atoms with Gasteiger partial charge in [0.1, 0.15) is 0 Å². The molecule has 0 atom stereocenters. The summed E-state index contributed by atoms with van der Waals surface area (Å²) < 4.78 is 10.6. The smallest absolute Gasteiger partial charge is 0.255 e. The standard InChI is InChI=1S/C21H22N4O4/c26-20(15-5-6-17-18(12-15)29-13-28-17)23-16-2-1-7-22-19(16)24-8-10-25(11-9-24)21(27)14-3-4-14/h1-2,5-7,12,14H,3-4,8-11,13H2,(H,23,26). The van der Waals surface area contributed by atoms with Crippen molar-refractivity contribution in [2.24, 2.45) is 5.92 Å². The molecule has 1 aliphatic carbocycles. The Kier molecular flexibility index (Phi) is 4.46. The highest BCUT2D eigenvalue weighted by atomic mass is 16.7. The van der Waals surface area contributed by atoms with Gasteiger partial charge in [-0.1, -0.05) is 0 Å². The van der Waals surface area contributed by atoms with Crippen molar-refractivity contribution in [3.8, 4) is 11.5 Å². The van der Waals surface area contributed by atoms with E-state index in [1.165, 1.54) is 0 Å². The number of anilines is 2. The fraction of sp³-hybridized carbons (Fsp3) is 0.381. The molecule has 8 nitrogen and oxygen atoms in total. The van der Waals surface area contributed by atoms with E-state index in [0.717, 1.165) is 18.7 Å². The average molecular weight is 394 g/mol. The van der Waals surface area contributed by atoms with Crippen molar-refractivity contribution in [1.29, 1.82) is 0 Å². The van der Waals surface area contributed by atoms with E-state index < -0.39 is 0 Å². The molecule has 1 aromatic heterocycles. The molecule has 0 unspecified atom stereocenters. The molecule has 1 aromatic carbocycles. The van der Waals surface area contributed by atoms with Crippen molar-refractivity contribution < 1.29 is 19.1 Å². The summed E-state index contributed by atoms with van der Waals surface area (Å²) in [6, 6.07) is 8.76. The van der Waals surface area contributed by atoms with Crippen molar-refractivity contribution in [2.45, 2.75) is 12.8 Å². The highest BCUT2D eigenvalue weighted by Gasteiger charge is 2.35. The first-order valence-corrected chi connectivity index (χ1v) is 9.89. The van der Waals surface area contributed by atoms with Gasteiger partial charge in [0.05, 0.1) is 5.69 Å². The van der Waals surface area contributed by atoms with Crippen LogP contribution in [-0.4, -0.2) is 54.7 Å². The minimum Gasteiger partial charge on any atom is -0.454 e. The molecule has 8 heteroatoms. The van der Waals surface area contributed by atoms with Gasteiger partial charge >= 0.3 is 0 Å². The number of benzene rings is 1. The molecule has 1 N–H and O–H groups in total. The van der Waals surface area contributed by atoms with Gasteiger partial charge in [-0.2, -0.15) is 0 Å². The van der Waals surface area contributed by atoms with Crippen LogP contribution in [0.4, 0.5) is 11.5 Å². The second kappa shape index (κ2) is 7.27. The summed E-state index contributed by atoms with van der Waals surface area (Å²) in [5.74, 6) is 2.22. The molecule has 1 saturated heterocycles. The van der Waals surface area contributed by atoms with Gasteiger partial charge in [0.25, 0.3) is 5.91 Å². The molecule has 2 aliphatic heterocycles. The van der Waals surface area contributed by atoms with Crippen LogP contribution in [0.25, 0.3) is 0 Å². The van der Waals surface area contributed by atoms with Crippen LogP contribution in [0.1, 0.15) is 23.2 Å². The lowest BCUT2D eigenvalue weighted by atomic mass is 10.2. The number of nitrogens with zero attached hydrogens (tertiary/aromatic N) is 3. The van der Waals surface area contributed by atoms with Gasteiger partial charge in [-0.05, 0) is 43.2 Å². The number of nitrogens with one attached hydrogen (secondary N) is 1. The van der Waals surface area contributed by atoms with E-state index in [0.29, 0.717) is 48.9 Å². The summed E-state index contributed by atoms with van der Waals surface area (Å²) in [5, 5.41) is 2.96. The molecule has 3 aliphatic rings. The molecule has 5 rings (SSSR count).